The maximum Gasteiger partial charge on any atom is 0.131 e. The molecule has 0 unspecified atom stereocenters. The van der Waals surface area contributed by atoms with Gasteiger partial charge in [0.25, 0.3) is 0 Å². The van der Waals surface area contributed by atoms with Gasteiger partial charge in [-0.15, -0.1) is 24.8 Å². The summed E-state index contributed by atoms with van der Waals surface area (Å²) in [6.45, 7) is 0. The van der Waals surface area contributed by atoms with Gasteiger partial charge in [0.1, 0.15) is 17.5 Å². The Morgan fingerprint density at radius 1 is 0.458 bits per heavy atom. The van der Waals surface area contributed by atoms with E-state index in [1.165, 1.54) is 18.2 Å². The van der Waals surface area contributed by atoms with E-state index in [4.69, 9.17) is 0 Å². The van der Waals surface area contributed by atoms with E-state index in [0.29, 0.717) is 15.9 Å². The lowest BCUT2D eigenvalue weighted by Crippen LogP contribution is -2.26. The van der Waals surface area contributed by atoms with Crippen LogP contribution >= 0.6 is 32.7 Å². The Labute approximate surface area is 152 Å². The Kier molecular flexibility index (Phi) is 7.75. The van der Waals surface area contributed by atoms with E-state index in [2.05, 4.69) is 0 Å². The molecule has 0 saturated carbocycles. The maximum absolute atomic E-state index is 14.2. The fourth-order valence-corrected chi connectivity index (χ4v) is 4.64. The molecule has 6 heteroatoms. The van der Waals surface area contributed by atoms with E-state index >= 15 is 0 Å². The Morgan fingerprint density at radius 2 is 0.708 bits per heavy atom. The summed E-state index contributed by atoms with van der Waals surface area (Å²) in [5.41, 5.74) is 0. The van der Waals surface area contributed by atoms with E-state index in [1.807, 2.05) is 0 Å². The smallest absolute Gasteiger partial charge is 0.131 e. The first-order valence-corrected chi connectivity index (χ1v) is 8.06. The molecular weight excluding hydrogens is 375 g/mol. The molecule has 0 heterocycles. The van der Waals surface area contributed by atoms with Crippen molar-refractivity contribution in [1.29, 1.82) is 0 Å². The zero-order valence-electron chi connectivity index (χ0n) is 12.3. The largest absolute Gasteiger partial charge is 0.206 e. The van der Waals surface area contributed by atoms with Gasteiger partial charge in [-0.1, -0.05) is 54.6 Å². The van der Waals surface area contributed by atoms with Crippen LogP contribution in [0.4, 0.5) is 13.2 Å². The molecule has 0 fully saturated rings. The second-order valence-electron chi connectivity index (χ2n) is 4.69. The SMILES string of the molecule is Cl.Cl.Fc1ccccc1P(c1ccccc1F)c1ccccc1F. The van der Waals surface area contributed by atoms with Crippen molar-refractivity contribution in [2.75, 3.05) is 0 Å². The second kappa shape index (κ2) is 9.08. The average molecular weight is 389 g/mol. The summed E-state index contributed by atoms with van der Waals surface area (Å²) in [7, 11) is -1.63. The summed E-state index contributed by atoms with van der Waals surface area (Å²) in [5, 5.41) is 0.938. The Morgan fingerprint density at radius 3 is 0.958 bits per heavy atom. The quantitative estimate of drug-likeness (QED) is 0.570. The minimum atomic E-state index is -1.63. The molecule has 0 nitrogen and oxygen atoms in total. The number of hydrogen-bond donors (Lipinski definition) is 0. The molecule has 3 aromatic rings. The van der Waals surface area contributed by atoms with Crippen LogP contribution in [0.15, 0.2) is 72.8 Å². The summed E-state index contributed by atoms with van der Waals surface area (Å²) in [4.78, 5) is 0. The Bertz CT molecular complexity index is 703. The molecule has 0 atom stereocenters. The molecule has 24 heavy (non-hydrogen) atoms. The molecule has 0 bridgehead atoms. The van der Waals surface area contributed by atoms with Crippen LogP contribution in [0.3, 0.4) is 0 Å². The molecule has 126 valence electrons. The van der Waals surface area contributed by atoms with Crippen LogP contribution in [0.1, 0.15) is 0 Å². The van der Waals surface area contributed by atoms with Gasteiger partial charge in [-0.05, 0) is 26.1 Å². The van der Waals surface area contributed by atoms with Crippen molar-refractivity contribution < 1.29 is 13.2 Å². The van der Waals surface area contributed by atoms with Crippen LogP contribution in [0.5, 0.6) is 0 Å². The molecule has 3 rings (SSSR count). The molecule has 0 aliphatic carbocycles. The fraction of sp³-hybridized carbons (Fsp3) is 0. The highest BCUT2D eigenvalue weighted by molar-refractivity contribution is 7.79. The van der Waals surface area contributed by atoms with Gasteiger partial charge >= 0.3 is 0 Å². The zero-order chi connectivity index (χ0) is 15.5. The van der Waals surface area contributed by atoms with Crippen molar-refractivity contribution in [2.24, 2.45) is 0 Å². The number of halogens is 5. The Balaban J connectivity index is 0.00000144. The van der Waals surface area contributed by atoms with Crippen molar-refractivity contribution >= 4 is 48.6 Å². The minimum absolute atomic E-state index is 0. The predicted molar refractivity (Wildman–Crippen MR) is 99.5 cm³/mol. The summed E-state index contributed by atoms with van der Waals surface area (Å²) in [5.74, 6) is -1.37. The van der Waals surface area contributed by atoms with Gasteiger partial charge in [-0.2, -0.15) is 0 Å². The van der Waals surface area contributed by atoms with Crippen LogP contribution in [0.2, 0.25) is 0 Å². The summed E-state index contributed by atoms with van der Waals surface area (Å²) in [6, 6.07) is 18.4. The van der Waals surface area contributed by atoms with Crippen LogP contribution in [-0.2, 0) is 0 Å². The lowest BCUT2D eigenvalue weighted by molar-refractivity contribution is 0.632. The first-order valence-electron chi connectivity index (χ1n) is 6.72. The predicted octanol–water partition coefficient (Wildman–Crippen LogP) is 4.71. The van der Waals surface area contributed by atoms with Crippen molar-refractivity contribution in [3.8, 4) is 0 Å². The van der Waals surface area contributed by atoms with Gasteiger partial charge < -0.3 is 0 Å². The standard InChI is InChI=1S/C18H12F3P.2ClH/c19-13-7-1-4-10-16(13)22(17-11-5-2-8-14(17)20)18-12-6-3-9-15(18)21;;/h1-12H;2*1H. The Hall–Kier alpha value is -1.54. The van der Waals surface area contributed by atoms with Crippen LogP contribution < -0.4 is 15.9 Å². The third kappa shape index (κ3) is 4.10. The highest BCUT2D eigenvalue weighted by Gasteiger charge is 2.24. The molecule has 3 aromatic carbocycles. The van der Waals surface area contributed by atoms with Gasteiger partial charge in [0, 0.05) is 15.9 Å². The number of benzene rings is 3. The van der Waals surface area contributed by atoms with E-state index in [1.54, 1.807) is 54.6 Å². The van der Waals surface area contributed by atoms with E-state index in [0.717, 1.165) is 0 Å². The van der Waals surface area contributed by atoms with E-state index in [9.17, 15) is 13.2 Å². The van der Waals surface area contributed by atoms with Crippen molar-refractivity contribution in [1.82, 2.24) is 0 Å². The topological polar surface area (TPSA) is 0 Å². The monoisotopic (exact) mass is 388 g/mol. The van der Waals surface area contributed by atoms with Crippen LogP contribution in [-0.4, -0.2) is 0 Å². The normalized spacial score (nSPS) is 10.0. The lowest BCUT2D eigenvalue weighted by atomic mass is 10.3. The molecule has 0 aliphatic rings. The first kappa shape index (κ1) is 20.5. The average Bonchev–Trinajstić information content (AvgIpc) is 2.53. The van der Waals surface area contributed by atoms with Crippen LogP contribution in [0.25, 0.3) is 0 Å². The maximum atomic E-state index is 14.2. The molecule has 0 saturated heterocycles. The summed E-state index contributed by atoms with van der Waals surface area (Å²) in [6.07, 6.45) is 0. The summed E-state index contributed by atoms with van der Waals surface area (Å²) >= 11 is 0. The third-order valence-electron chi connectivity index (χ3n) is 3.28. The van der Waals surface area contributed by atoms with Gasteiger partial charge in [-0.25, -0.2) is 13.2 Å². The fourth-order valence-electron chi connectivity index (χ4n) is 2.29. The van der Waals surface area contributed by atoms with Gasteiger partial charge in [0.2, 0.25) is 0 Å². The molecule has 0 radical (unpaired) electrons. The van der Waals surface area contributed by atoms with Gasteiger partial charge in [0.05, 0.1) is 0 Å². The molecule has 0 aromatic heterocycles. The molecule has 0 N–H and O–H groups in total. The molecule has 0 aliphatic heterocycles. The highest BCUT2D eigenvalue weighted by atomic mass is 35.5. The summed E-state index contributed by atoms with van der Waals surface area (Å²) < 4.78 is 42.7. The van der Waals surface area contributed by atoms with Crippen molar-refractivity contribution in [2.45, 2.75) is 0 Å². The number of hydrogen-bond acceptors (Lipinski definition) is 0. The minimum Gasteiger partial charge on any atom is -0.206 e. The van der Waals surface area contributed by atoms with Crippen LogP contribution in [0, 0.1) is 17.5 Å². The van der Waals surface area contributed by atoms with Crippen molar-refractivity contribution in [3.05, 3.63) is 90.2 Å². The van der Waals surface area contributed by atoms with E-state index < -0.39 is 25.4 Å². The lowest BCUT2D eigenvalue weighted by Gasteiger charge is -2.20. The molecule has 0 spiro atoms. The molecular formula is C18H14Cl2F3P. The second-order valence-corrected chi connectivity index (χ2v) is 6.81. The van der Waals surface area contributed by atoms with Crippen molar-refractivity contribution in [3.63, 3.8) is 0 Å². The van der Waals surface area contributed by atoms with E-state index in [-0.39, 0.29) is 24.8 Å². The highest BCUT2D eigenvalue weighted by Crippen LogP contribution is 2.35. The van der Waals surface area contributed by atoms with Gasteiger partial charge in [-0.3, -0.25) is 0 Å². The molecule has 0 amide bonds. The van der Waals surface area contributed by atoms with Gasteiger partial charge in [0.15, 0.2) is 0 Å². The first-order chi connectivity index (χ1) is 10.7. The zero-order valence-corrected chi connectivity index (χ0v) is 14.9. The third-order valence-corrected chi connectivity index (χ3v) is 5.81. The number of rotatable bonds is 3.